The van der Waals surface area contributed by atoms with Crippen molar-refractivity contribution in [2.24, 2.45) is 0 Å². The van der Waals surface area contributed by atoms with E-state index in [1.54, 1.807) is 11.3 Å². The quantitative estimate of drug-likeness (QED) is 0.762. The second kappa shape index (κ2) is 3.90. The zero-order valence-electron chi connectivity index (χ0n) is 6.50. The molecule has 0 atom stereocenters. The summed E-state index contributed by atoms with van der Waals surface area (Å²) < 4.78 is 2.00. The minimum Gasteiger partial charge on any atom is -0.229 e. The molecular weight excluding hydrogens is 314 g/mol. The Hall–Kier alpha value is -0.190. The minimum absolute atomic E-state index is 0.919. The molecule has 0 saturated carbocycles. The smallest absolute Gasteiger partial charge is 0.159 e. The molecule has 1 nitrogen and oxygen atoms in total. The summed E-state index contributed by atoms with van der Waals surface area (Å²) in [5.41, 5.74) is 2.15. The first-order chi connectivity index (χ1) is 6.25. The Labute approximate surface area is 97.1 Å². The van der Waals surface area contributed by atoms with Gasteiger partial charge in [0.05, 0.1) is 5.69 Å². The van der Waals surface area contributed by atoms with Gasteiger partial charge in [0.2, 0.25) is 0 Å². The lowest BCUT2D eigenvalue weighted by Gasteiger charge is -1.95. The number of halogens is 2. The lowest BCUT2D eigenvalue weighted by atomic mass is 10.2. The average Bonchev–Trinajstić information content (AvgIpc) is 2.52. The molecule has 0 spiro atoms. The maximum absolute atomic E-state index is 4.34. The van der Waals surface area contributed by atoms with Crippen LogP contribution in [0.3, 0.4) is 0 Å². The van der Waals surface area contributed by atoms with Crippen LogP contribution in [0.4, 0.5) is 0 Å². The Morgan fingerprint density at radius 1 is 1.23 bits per heavy atom. The molecular formula is C9H5Br2NS. The summed E-state index contributed by atoms with van der Waals surface area (Å²) in [6.07, 6.45) is 0. The van der Waals surface area contributed by atoms with Crippen molar-refractivity contribution in [2.45, 2.75) is 0 Å². The molecule has 0 N–H and O–H groups in total. The van der Waals surface area contributed by atoms with Crippen molar-refractivity contribution < 1.29 is 0 Å². The van der Waals surface area contributed by atoms with Crippen LogP contribution >= 0.6 is 43.2 Å². The summed E-state index contributed by atoms with van der Waals surface area (Å²) in [6, 6.07) is 8.12. The fraction of sp³-hybridized carbons (Fsp3) is 0. The molecule has 13 heavy (non-hydrogen) atoms. The number of hydrogen-bond acceptors (Lipinski definition) is 2. The maximum atomic E-state index is 4.34. The number of hydrogen-bond donors (Lipinski definition) is 0. The van der Waals surface area contributed by atoms with Crippen LogP contribution in [-0.4, -0.2) is 4.98 Å². The highest BCUT2D eigenvalue weighted by atomic mass is 79.9. The highest BCUT2D eigenvalue weighted by molar-refractivity contribution is 9.11. The van der Waals surface area contributed by atoms with Gasteiger partial charge in [-0.05, 0) is 28.1 Å². The van der Waals surface area contributed by atoms with E-state index in [4.69, 9.17) is 0 Å². The Bertz CT molecular complexity index is 425. The number of benzene rings is 1. The van der Waals surface area contributed by atoms with Crippen molar-refractivity contribution in [3.8, 4) is 11.3 Å². The lowest BCUT2D eigenvalue weighted by molar-refractivity contribution is 1.37. The van der Waals surface area contributed by atoms with Gasteiger partial charge in [0, 0.05) is 15.4 Å². The van der Waals surface area contributed by atoms with Crippen molar-refractivity contribution in [3.05, 3.63) is 38.0 Å². The predicted molar refractivity (Wildman–Crippen MR) is 63.0 cm³/mol. The van der Waals surface area contributed by atoms with Crippen molar-refractivity contribution in [1.29, 1.82) is 0 Å². The van der Waals surface area contributed by atoms with Gasteiger partial charge in [0.25, 0.3) is 0 Å². The number of aromatic nitrogens is 1. The largest absolute Gasteiger partial charge is 0.229 e. The molecule has 0 unspecified atom stereocenters. The first-order valence-corrected chi connectivity index (χ1v) is 6.09. The van der Waals surface area contributed by atoms with Crippen molar-refractivity contribution in [2.75, 3.05) is 0 Å². The van der Waals surface area contributed by atoms with Crippen LogP contribution in [0.15, 0.2) is 38.0 Å². The molecule has 0 fully saturated rings. The summed E-state index contributed by atoms with van der Waals surface area (Å²) >= 11 is 8.37. The third-order valence-corrected chi connectivity index (χ3v) is 3.45. The fourth-order valence-electron chi connectivity index (χ4n) is 1.03. The summed E-state index contributed by atoms with van der Waals surface area (Å²) in [5, 5.41) is 2.03. The molecule has 2 rings (SSSR count). The van der Waals surface area contributed by atoms with E-state index in [1.165, 1.54) is 0 Å². The summed E-state index contributed by atoms with van der Waals surface area (Å²) in [5.74, 6) is 0. The standard InChI is InChI=1S/C9H5Br2NS/c10-7-3-1-2-6(4-7)8-5-13-9(11)12-8/h1-5H. The molecule has 0 bridgehead atoms. The molecule has 0 radical (unpaired) electrons. The van der Waals surface area contributed by atoms with Gasteiger partial charge in [-0.15, -0.1) is 11.3 Å². The lowest BCUT2D eigenvalue weighted by Crippen LogP contribution is -1.76. The van der Waals surface area contributed by atoms with Gasteiger partial charge in [-0.25, -0.2) is 4.98 Å². The molecule has 0 saturated heterocycles. The van der Waals surface area contributed by atoms with Crippen LogP contribution in [0.2, 0.25) is 0 Å². The second-order valence-electron chi connectivity index (χ2n) is 2.50. The molecule has 0 aliphatic heterocycles. The fourth-order valence-corrected chi connectivity index (χ4v) is 2.45. The number of thiazole rings is 1. The zero-order valence-corrected chi connectivity index (χ0v) is 10.5. The van der Waals surface area contributed by atoms with E-state index >= 15 is 0 Å². The molecule has 0 aliphatic rings. The van der Waals surface area contributed by atoms with Crippen LogP contribution in [-0.2, 0) is 0 Å². The van der Waals surface area contributed by atoms with Crippen LogP contribution in [0.5, 0.6) is 0 Å². The minimum atomic E-state index is 0.919. The molecule has 2 aromatic rings. The van der Waals surface area contributed by atoms with Crippen molar-refractivity contribution in [3.63, 3.8) is 0 Å². The molecule has 1 aromatic heterocycles. The average molecular weight is 319 g/mol. The Morgan fingerprint density at radius 2 is 2.08 bits per heavy atom. The van der Waals surface area contributed by atoms with Gasteiger partial charge in [-0.3, -0.25) is 0 Å². The summed E-state index contributed by atoms with van der Waals surface area (Å²) in [4.78, 5) is 4.34. The molecule has 1 heterocycles. The monoisotopic (exact) mass is 317 g/mol. The molecule has 4 heteroatoms. The van der Waals surface area contributed by atoms with E-state index in [9.17, 15) is 0 Å². The molecule has 0 amide bonds. The van der Waals surface area contributed by atoms with Crippen LogP contribution in [0.25, 0.3) is 11.3 Å². The van der Waals surface area contributed by atoms with E-state index in [-0.39, 0.29) is 0 Å². The SMILES string of the molecule is Brc1cccc(-c2csc(Br)n2)c1. The van der Waals surface area contributed by atoms with Crippen LogP contribution in [0, 0.1) is 0 Å². The van der Waals surface area contributed by atoms with Crippen LogP contribution in [0.1, 0.15) is 0 Å². The van der Waals surface area contributed by atoms with Gasteiger partial charge >= 0.3 is 0 Å². The Kier molecular flexibility index (Phi) is 2.81. The zero-order chi connectivity index (χ0) is 9.26. The third-order valence-electron chi connectivity index (χ3n) is 1.60. The number of rotatable bonds is 1. The molecule has 0 aliphatic carbocycles. The maximum Gasteiger partial charge on any atom is 0.159 e. The van der Waals surface area contributed by atoms with E-state index in [0.717, 1.165) is 19.6 Å². The van der Waals surface area contributed by atoms with Crippen molar-refractivity contribution in [1.82, 2.24) is 4.98 Å². The van der Waals surface area contributed by atoms with Crippen LogP contribution < -0.4 is 0 Å². The van der Waals surface area contributed by atoms with Gasteiger partial charge < -0.3 is 0 Å². The summed E-state index contributed by atoms with van der Waals surface area (Å²) in [7, 11) is 0. The topological polar surface area (TPSA) is 12.9 Å². The molecule has 66 valence electrons. The number of nitrogens with zero attached hydrogens (tertiary/aromatic N) is 1. The summed E-state index contributed by atoms with van der Waals surface area (Å²) in [6.45, 7) is 0. The van der Waals surface area contributed by atoms with Gasteiger partial charge in [-0.1, -0.05) is 28.1 Å². The first-order valence-electron chi connectivity index (χ1n) is 3.63. The highest BCUT2D eigenvalue weighted by Gasteiger charge is 2.01. The van der Waals surface area contributed by atoms with E-state index in [2.05, 4.69) is 42.9 Å². The van der Waals surface area contributed by atoms with E-state index < -0.39 is 0 Å². The van der Waals surface area contributed by atoms with E-state index in [0.29, 0.717) is 0 Å². The van der Waals surface area contributed by atoms with Gasteiger partial charge in [-0.2, -0.15) is 0 Å². The van der Waals surface area contributed by atoms with Gasteiger partial charge in [0.1, 0.15) is 0 Å². The highest BCUT2D eigenvalue weighted by Crippen LogP contribution is 2.26. The Morgan fingerprint density at radius 3 is 2.69 bits per heavy atom. The predicted octanol–water partition coefficient (Wildman–Crippen LogP) is 4.34. The first kappa shape index (κ1) is 9.37. The third kappa shape index (κ3) is 2.18. The Balaban J connectivity index is 2.46. The van der Waals surface area contributed by atoms with Crippen molar-refractivity contribution >= 4 is 43.2 Å². The normalized spacial score (nSPS) is 10.3. The molecule has 1 aromatic carbocycles. The van der Waals surface area contributed by atoms with Gasteiger partial charge in [0.15, 0.2) is 3.92 Å². The van der Waals surface area contributed by atoms with E-state index in [1.807, 2.05) is 23.6 Å². The second-order valence-corrected chi connectivity index (χ2v) is 5.55.